The van der Waals surface area contributed by atoms with Crippen LogP contribution in [0.4, 0.5) is 0 Å². The number of ether oxygens (including phenoxy) is 1. The number of nitrogens with zero attached hydrogens (tertiary/aromatic N) is 1. The molecule has 1 aliphatic rings. The summed E-state index contributed by atoms with van der Waals surface area (Å²) in [6.07, 6.45) is 6.98. The lowest BCUT2D eigenvalue weighted by Gasteiger charge is -2.36. The molecule has 15 heavy (non-hydrogen) atoms. The van der Waals surface area contributed by atoms with E-state index in [-0.39, 0.29) is 5.60 Å². The third-order valence-corrected chi connectivity index (χ3v) is 3.21. The third-order valence-electron chi connectivity index (χ3n) is 3.21. The van der Waals surface area contributed by atoms with Gasteiger partial charge in [-0.25, -0.2) is 0 Å². The van der Waals surface area contributed by atoms with Crippen LogP contribution in [0.1, 0.15) is 45.4 Å². The Labute approximate surface area is 93.3 Å². The average molecular weight is 212 g/mol. The predicted octanol–water partition coefficient (Wildman–Crippen LogP) is 2.65. The second-order valence-electron chi connectivity index (χ2n) is 4.58. The molecule has 0 bridgehead atoms. The lowest BCUT2D eigenvalue weighted by molar-refractivity contribution is -0.00342. The number of likely N-dealkylation sites (N-methyl/N-ethyl adjacent to an activating group) is 1. The fourth-order valence-corrected chi connectivity index (χ4v) is 2.43. The highest BCUT2D eigenvalue weighted by molar-refractivity contribution is 5.87. The first-order valence-corrected chi connectivity index (χ1v) is 6.03. The molecule has 0 spiro atoms. The molecule has 3 heteroatoms. The molecule has 0 amide bonds. The van der Waals surface area contributed by atoms with E-state index in [4.69, 9.17) is 10.1 Å². The Bertz CT molecular complexity index is 206. The van der Waals surface area contributed by atoms with Gasteiger partial charge in [-0.1, -0.05) is 25.7 Å². The van der Waals surface area contributed by atoms with Crippen molar-refractivity contribution in [1.29, 1.82) is 5.41 Å². The summed E-state index contributed by atoms with van der Waals surface area (Å²) in [5.41, 5.74) is -0.297. The van der Waals surface area contributed by atoms with Crippen molar-refractivity contribution < 1.29 is 4.74 Å². The minimum absolute atomic E-state index is 0.297. The second kappa shape index (κ2) is 5.50. The van der Waals surface area contributed by atoms with Crippen molar-refractivity contribution in [2.45, 2.75) is 51.0 Å². The number of rotatable bonds is 3. The van der Waals surface area contributed by atoms with Crippen LogP contribution in [0.3, 0.4) is 0 Å². The van der Waals surface area contributed by atoms with E-state index < -0.39 is 0 Å². The number of hydrogen-bond donors (Lipinski definition) is 1. The molecule has 0 aromatic carbocycles. The SMILES string of the molecule is CCOC1(C(=N)N(C)C)CCCCCC1. The van der Waals surface area contributed by atoms with Crippen molar-refractivity contribution >= 4 is 5.84 Å². The summed E-state index contributed by atoms with van der Waals surface area (Å²) in [6, 6.07) is 0. The van der Waals surface area contributed by atoms with Crippen LogP contribution in [-0.2, 0) is 4.74 Å². The minimum atomic E-state index is -0.297. The van der Waals surface area contributed by atoms with Crippen molar-refractivity contribution in [1.82, 2.24) is 4.90 Å². The smallest absolute Gasteiger partial charge is 0.128 e. The highest BCUT2D eigenvalue weighted by Gasteiger charge is 2.37. The largest absolute Gasteiger partial charge is 0.367 e. The van der Waals surface area contributed by atoms with Gasteiger partial charge >= 0.3 is 0 Å². The van der Waals surface area contributed by atoms with Crippen LogP contribution in [0.15, 0.2) is 0 Å². The van der Waals surface area contributed by atoms with E-state index in [1.165, 1.54) is 25.7 Å². The second-order valence-corrected chi connectivity index (χ2v) is 4.58. The zero-order valence-corrected chi connectivity index (χ0v) is 10.3. The molecule has 1 N–H and O–H groups in total. The van der Waals surface area contributed by atoms with Gasteiger partial charge in [0.05, 0.1) is 0 Å². The normalized spacial score (nSPS) is 20.7. The van der Waals surface area contributed by atoms with Gasteiger partial charge in [0.1, 0.15) is 11.4 Å². The Morgan fingerprint density at radius 2 is 1.73 bits per heavy atom. The molecule has 3 nitrogen and oxygen atoms in total. The van der Waals surface area contributed by atoms with Crippen LogP contribution in [0, 0.1) is 5.41 Å². The summed E-state index contributed by atoms with van der Waals surface area (Å²) in [5, 5.41) is 8.19. The molecule has 0 saturated heterocycles. The van der Waals surface area contributed by atoms with E-state index in [0.29, 0.717) is 12.4 Å². The summed E-state index contributed by atoms with van der Waals surface area (Å²) in [4.78, 5) is 1.89. The molecule has 0 aromatic heterocycles. The zero-order chi connectivity index (χ0) is 11.3. The van der Waals surface area contributed by atoms with Gasteiger partial charge in [-0.15, -0.1) is 0 Å². The van der Waals surface area contributed by atoms with E-state index in [1.807, 2.05) is 25.9 Å². The van der Waals surface area contributed by atoms with Gasteiger partial charge in [0.15, 0.2) is 0 Å². The summed E-state index contributed by atoms with van der Waals surface area (Å²) in [5.74, 6) is 0.645. The fraction of sp³-hybridized carbons (Fsp3) is 0.917. The fourth-order valence-electron chi connectivity index (χ4n) is 2.43. The lowest BCUT2D eigenvalue weighted by Crippen LogP contribution is -2.47. The molecule has 0 unspecified atom stereocenters. The highest BCUT2D eigenvalue weighted by Crippen LogP contribution is 2.32. The van der Waals surface area contributed by atoms with Crippen molar-refractivity contribution in [3.63, 3.8) is 0 Å². The molecule has 88 valence electrons. The van der Waals surface area contributed by atoms with Crippen LogP contribution < -0.4 is 0 Å². The summed E-state index contributed by atoms with van der Waals surface area (Å²) < 4.78 is 5.91. The van der Waals surface area contributed by atoms with Gasteiger partial charge in [-0.3, -0.25) is 5.41 Å². The van der Waals surface area contributed by atoms with Crippen LogP contribution in [0.25, 0.3) is 0 Å². The van der Waals surface area contributed by atoms with Crippen molar-refractivity contribution in [2.24, 2.45) is 0 Å². The molecule has 0 aromatic rings. The topological polar surface area (TPSA) is 36.3 Å². The van der Waals surface area contributed by atoms with Gasteiger partial charge < -0.3 is 9.64 Å². The molecule has 1 rings (SSSR count). The van der Waals surface area contributed by atoms with Gasteiger partial charge in [0.2, 0.25) is 0 Å². The summed E-state index contributed by atoms with van der Waals surface area (Å²) in [7, 11) is 3.88. The Morgan fingerprint density at radius 3 is 2.13 bits per heavy atom. The highest BCUT2D eigenvalue weighted by atomic mass is 16.5. The molecular formula is C12H24N2O. The van der Waals surface area contributed by atoms with Crippen LogP contribution in [0.5, 0.6) is 0 Å². The molecule has 0 radical (unpaired) electrons. The van der Waals surface area contributed by atoms with Gasteiger partial charge in [-0.2, -0.15) is 0 Å². The molecule has 0 heterocycles. The van der Waals surface area contributed by atoms with E-state index in [9.17, 15) is 0 Å². The lowest BCUT2D eigenvalue weighted by atomic mass is 9.92. The first-order chi connectivity index (χ1) is 7.12. The quantitative estimate of drug-likeness (QED) is 0.443. The Balaban J connectivity index is 2.79. The van der Waals surface area contributed by atoms with Crippen molar-refractivity contribution in [3.8, 4) is 0 Å². The Hall–Kier alpha value is -0.570. The number of hydrogen-bond acceptors (Lipinski definition) is 2. The van der Waals surface area contributed by atoms with Gasteiger partial charge in [0.25, 0.3) is 0 Å². The van der Waals surface area contributed by atoms with E-state index in [0.717, 1.165) is 12.8 Å². The summed E-state index contributed by atoms with van der Waals surface area (Å²) in [6.45, 7) is 2.73. The van der Waals surface area contributed by atoms with Crippen LogP contribution in [-0.4, -0.2) is 37.0 Å². The standard InChI is InChI=1S/C12H24N2O/c1-4-15-12(11(13)14(2)3)9-7-5-6-8-10-12/h13H,4-10H2,1-3H3. The maximum Gasteiger partial charge on any atom is 0.128 e. The third kappa shape index (κ3) is 2.94. The maximum atomic E-state index is 8.19. The first kappa shape index (κ1) is 12.5. The predicted molar refractivity (Wildman–Crippen MR) is 63.5 cm³/mol. The molecule has 0 atom stereocenters. The van der Waals surface area contributed by atoms with Crippen LogP contribution in [0.2, 0.25) is 0 Å². The molecule has 0 aliphatic heterocycles. The van der Waals surface area contributed by atoms with Crippen molar-refractivity contribution in [2.75, 3.05) is 20.7 Å². The van der Waals surface area contributed by atoms with E-state index >= 15 is 0 Å². The van der Waals surface area contributed by atoms with E-state index in [2.05, 4.69) is 0 Å². The molecule has 1 aliphatic carbocycles. The monoisotopic (exact) mass is 212 g/mol. The summed E-state index contributed by atoms with van der Waals surface area (Å²) >= 11 is 0. The zero-order valence-electron chi connectivity index (χ0n) is 10.3. The first-order valence-electron chi connectivity index (χ1n) is 6.03. The van der Waals surface area contributed by atoms with Crippen LogP contribution >= 0.6 is 0 Å². The number of amidine groups is 1. The maximum absolute atomic E-state index is 8.19. The Kier molecular flexibility index (Phi) is 4.58. The van der Waals surface area contributed by atoms with Crippen molar-refractivity contribution in [3.05, 3.63) is 0 Å². The van der Waals surface area contributed by atoms with Gasteiger partial charge in [-0.05, 0) is 19.8 Å². The minimum Gasteiger partial charge on any atom is -0.367 e. The van der Waals surface area contributed by atoms with E-state index in [1.54, 1.807) is 0 Å². The molecular weight excluding hydrogens is 188 g/mol. The number of nitrogens with one attached hydrogen (secondary N) is 1. The van der Waals surface area contributed by atoms with Gasteiger partial charge in [0, 0.05) is 20.7 Å². The Morgan fingerprint density at radius 1 is 1.20 bits per heavy atom. The average Bonchev–Trinajstić information content (AvgIpc) is 2.44. The molecule has 1 saturated carbocycles. The molecule has 1 fully saturated rings.